The third kappa shape index (κ3) is 2.90. The van der Waals surface area contributed by atoms with E-state index in [4.69, 9.17) is 17.0 Å². The molecule has 0 spiro atoms. The molecule has 2 aliphatic heterocycles. The Morgan fingerprint density at radius 3 is 2.43 bits per heavy atom. The topological polar surface area (TPSA) is 66.9 Å². The molecule has 1 fully saturated rings. The van der Waals surface area contributed by atoms with E-state index in [0.29, 0.717) is 21.3 Å². The van der Waals surface area contributed by atoms with E-state index in [1.165, 1.54) is 16.9 Å². The first kappa shape index (κ1) is 18.4. The van der Waals surface area contributed by atoms with Crippen LogP contribution in [0.3, 0.4) is 0 Å². The van der Waals surface area contributed by atoms with Gasteiger partial charge < -0.3 is 4.74 Å². The lowest BCUT2D eigenvalue weighted by molar-refractivity contribution is -0.139. The smallest absolute Gasteiger partial charge is 0.325 e. The molecule has 2 heterocycles. The van der Waals surface area contributed by atoms with Crippen LogP contribution in [0, 0.1) is 0 Å². The van der Waals surface area contributed by atoms with Crippen LogP contribution in [-0.4, -0.2) is 35.8 Å². The molecule has 2 aromatic carbocycles. The number of amides is 2. The highest BCUT2D eigenvalue weighted by atomic mass is 32.2. The minimum absolute atomic E-state index is 0.227. The van der Waals surface area contributed by atoms with Crippen molar-refractivity contribution in [3.8, 4) is 0 Å². The van der Waals surface area contributed by atoms with Crippen LogP contribution in [-0.2, 0) is 19.1 Å². The molecule has 0 aliphatic carbocycles. The van der Waals surface area contributed by atoms with E-state index < -0.39 is 11.9 Å². The van der Waals surface area contributed by atoms with Gasteiger partial charge in [0.25, 0.3) is 11.8 Å². The molecule has 1 saturated heterocycles. The molecular formula is C20H14N2O4S2. The maximum absolute atomic E-state index is 13.1. The highest BCUT2D eigenvalue weighted by molar-refractivity contribution is 8.27. The first-order chi connectivity index (χ1) is 13.5. The summed E-state index contributed by atoms with van der Waals surface area (Å²) < 4.78 is 5.06. The van der Waals surface area contributed by atoms with Crippen LogP contribution < -0.4 is 9.80 Å². The number of thioether (sulfide) groups is 1. The van der Waals surface area contributed by atoms with Crippen molar-refractivity contribution in [2.24, 2.45) is 0 Å². The van der Waals surface area contributed by atoms with E-state index in [0.717, 1.165) is 11.8 Å². The summed E-state index contributed by atoms with van der Waals surface area (Å²) in [6.45, 7) is -0.227. The highest BCUT2D eigenvalue weighted by Crippen LogP contribution is 2.45. The molecular weight excluding hydrogens is 396 g/mol. The average Bonchev–Trinajstić information content (AvgIpc) is 3.15. The number of rotatable bonds is 3. The largest absolute Gasteiger partial charge is 0.468 e. The lowest BCUT2D eigenvalue weighted by Crippen LogP contribution is -2.33. The van der Waals surface area contributed by atoms with Crippen molar-refractivity contribution in [2.45, 2.75) is 0 Å². The molecule has 2 aromatic rings. The van der Waals surface area contributed by atoms with Crippen LogP contribution >= 0.6 is 24.0 Å². The number of hydrogen-bond donors (Lipinski definition) is 0. The predicted octanol–water partition coefficient (Wildman–Crippen LogP) is 2.98. The van der Waals surface area contributed by atoms with E-state index in [9.17, 15) is 14.4 Å². The zero-order chi connectivity index (χ0) is 19.8. The van der Waals surface area contributed by atoms with Gasteiger partial charge in [0.2, 0.25) is 0 Å². The van der Waals surface area contributed by atoms with E-state index in [1.807, 2.05) is 18.2 Å². The quantitative estimate of drug-likeness (QED) is 0.440. The lowest BCUT2D eigenvalue weighted by atomic mass is 10.1. The zero-order valence-corrected chi connectivity index (χ0v) is 16.4. The summed E-state index contributed by atoms with van der Waals surface area (Å²) in [5.74, 6) is -1.30. The molecule has 0 bridgehead atoms. The Hall–Kier alpha value is -2.97. The van der Waals surface area contributed by atoms with Gasteiger partial charge in [-0.1, -0.05) is 60.4 Å². The minimum atomic E-state index is -0.541. The third-order valence-corrected chi connectivity index (χ3v) is 5.82. The van der Waals surface area contributed by atoms with Crippen molar-refractivity contribution in [2.75, 3.05) is 23.5 Å². The Kier molecular flexibility index (Phi) is 4.74. The number of carbonyl (C=O) groups is 3. The first-order valence-corrected chi connectivity index (χ1v) is 9.59. The summed E-state index contributed by atoms with van der Waals surface area (Å²) in [5, 5.41) is 0. The summed E-state index contributed by atoms with van der Waals surface area (Å²) in [7, 11) is 1.26. The second kappa shape index (κ2) is 7.21. The second-order valence-electron chi connectivity index (χ2n) is 6.03. The fraction of sp³-hybridized carbons (Fsp3) is 0.100. The molecule has 4 rings (SSSR count). The van der Waals surface area contributed by atoms with Crippen molar-refractivity contribution in [3.63, 3.8) is 0 Å². The molecule has 28 heavy (non-hydrogen) atoms. The number of benzene rings is 2. The molecule has 0 aromatic heterocycles. The number of fused-ring (bicyclic) bond motifs is 1. The predicted molar refractivity (Wildman–Crippen MR) is 112 cm³/mol. The van der Waals surface area contributed by atoms with Gasteiger partial charge in [0, 0.05) is 5.56 Å². The maximum Gasteiger partial charge on any atom is 0.325 e. The molecule has 2 aliphatic rings. The second-order valence-corrected chi connectivity index (χ2v) is 7.68. The minimum Gasteiger partial charge on any atom is -0.468 e. The van der Waals surface area contributed by atoms with Crippen LogP contribution in [0.1, 0.15) is 5.56 Å². The van der Waals surface area contributed by atoms with Gasteiger partial charge >= 0.3 is 5.97 Å². The SMILES string of the molecule is COC(=O)CN1C(=O)/C(=C2\SC(=S)N(c3ccccc3)C2=O)c2ccccc21. The van der Waals surface area contributed by atoms with Crippen molar-refractivity contribution >= 4 is 63.0 Å². The van der Waals surface area contributed by atoms with Crippen molar-refractivity contribution in [3.05, 3.63) is 65.1 Å². The lowest BCUT2D eigenvalue weighted by Gasteiger charge is -2.15. The number of para-hydroxylation sites is 2. The molecule has 0 atom stereocenters. The molecule has 2 amide bonds. The summed E-state index contributed by atoms with van der Waals surface area (Å²) in [4.78, 5) is 41.0. The van der Waals surface area contributed by atoms with E-state index in [-0.39, 0.29) is 22.9 Å². The molecule has 8 heteroatoms. The normalized spacial score (nSPS) is 18.7. The Labute approximate surface area is 170 Å². The zero-order valence-electron chi connectivity index (χ0n) is 14.7. The van der Waals surface area contributed by atoms with Crippen LogP contribution in [0.5, 0.6) is 0 Å². The van der Waals surface area contributed by atoms with Gasteiger partial charge in [-0.3, -0.25) is 24.2 Å². The van der Waals surface area contributed by atoms with E-state index >= 15 is 0 Å². The summed E-state index contributed by atoms with van der Waals surface area (Å²) in [6, 6.07) is 16.1. The van der Waals surface area contributed by atoms with Crippen LogP contribution in [0.4, 0.5) is 11.4 Å². The summed E-state index contributed by atoms with van der Waals surface area (Å²) in [6.07, 6.45) is 0. The Morgan fingerprint density at radius 1 is 1.04 bits per heavy atom. The Balaban J connectivity index is 1.81. The molecule has 0 radical (unpaired) electrons. The highest BCUT2D eigenvalue weighted by Gasteiger charge is 2.42. The fourth-order valence-corrected chi connectivity index (χ4v) is 4.54. The first-order valence-electron chi connectivity index (χ1n) is 8.36. The average molecular weight is 410 g/mol. The van der Waals surface area contributed by atoms with Gasteiger partial charge in [-0.25, -0.2) is 0 Å². The number of thiocarbonyl (C=S) groups is 1. The number of hydrogen-bond acceptors (Lipinski definition) is 6. The van der Waals surface area contributed by atoms with Gasteiger partial charge in [0.05, 0.1) is 29.0 Å². The van der Waals surface area contributed by atoms with Gasteiger partial charge in [0.15, 0.2) is 4.32 Å². The van der Waals surface area contributed by atoms with Crippen LogP contribution in [0.15, 0.2) is 59.5 Å². The number of nitrogens with zero attached hydrogens (tertiary/aromatic N) is 2. The van der Waals surface area contributed by atoms with Crippen LogP contribution in [0.2, 0.25) is 0 Å². The number of esters is 1. The van der Waals surface area contributed by atoms with E-state index in [1.54, 1.807) is 36.4 Å². The molecule has 0 saturated carbocycles. The van der Waals surface area contributed by atoms with Gasteiger partial charge in [0.1, 0.15) is 6.54 Å². The number of carbonyl (C=O) groups excluding carboxylic acids is 3. The Morgan fingerprint density at radius 2 is 1.71 bits per heavy atom. The number of methoxy groups -OCH3 is 1. The fourth-order valence-electron chi connectivity index (χ4n) is 3.17. The molecule has 140 valence electrons. The van der Waals surface area contributed by atoms with Crippen molar-refractivity contribution in [1.29, 1.82) is 0 Å². The van der Waals surface area contributed by atoms with Gasteiger partial charge in [-0.05, 0) is 18.2 Å². The molecule has 0 N–H and O–H groups in total. The Bertz CT molecular complexity index is 1050. The molecule has 6 nitrogen and oxygen atoms in total. The standard InChI is InChI=1S/C20H14N2O4S2/c1-26-15(23)11-21-14-10-6-5-9-13(14)16(18(21)24)17-19(25)22(20(27)28-17)12-7-3-2-4-8-12/h2-10H,11H2,1H3/b17-16-. The van der Waals surface area contributed by atoms with Gasteiger partial charge in [-0.15, -0.1) is 0 Å². The van der Waals surface area contributed by atoms with Crippen molar-refractivity contribution < 1.29 is 19.1 Å². The van der Waals surface area contributed by atoms with Crippen molar-refractivity contribution in [1.82, 2.24) is 0 Å². The molecule has 0 unspecified atom stereocenters. The number of ether oxygens (including phenoxy) is 1. The van der Waals surface area contributed by atoms with Gasteiger partial charge in [-0.2, -0.15) is 0 Å². The summed E-state index contributed by atoms with van der Waals surface area (Å²) in [5.41, 5.74) is 2.07. The van der Waals surface area contributed by atoms with Crippen LogP contribution in [0.25, 0.3) is 5.57 Å². The third-order valence-electron chi connectivity index (χ3n) is 4.45. The summed E-state index contributed by atoms with van der Waals surface area (Å²) >= 11 is 6.49. The maximum atomic E-state index is 13.1. The number of anilines is 2. The van der Waals surface area contributed by atoms with E-state index in [2.05, 4.69) is 0 Å². The monoisotopic (exact) mass is 410 g/mol.